The van der Waals surface area contributed by atoms with Gasteiger partial charge in [-0.15, -0.1) is 0 Å². The number of rotatable bonds is 6. The Morgan fingerprint density at radius 1 is 1.54 bits per heavy atom. The lowest BCUT2D eigenvalue weighted by atomic mass is 10.2. The van der Waals surface area contributed by atoms with Crippen LogP contribution in [0.5, 0.6) is 0 Å². The normalized spacial score (nSPS) is 10.2. The summed E-state index contributed by atoms with van der Waals surface area (Å²) in [6, 6.07) is 1.67. The van der Waals surface area contributed by atoms with Crippen molar-refractivity contribution in [3.63, 3.8) is 0 Å². The SMILES string of the molecule is CCCOCCC(=O)c1ccoc1. The Morgan fingerprint density at radius 2 is 2.38 bits per heavy atom. The molecule has 0 amide bonds. The van der Waals surface area contributed by atoms with Gasteiger partial charge < -0.3 is 9.15 Å². The van der Waals surface area contributed by atoms with Gasteiger partial charge in [0.05, 0.1) is 18.4 Å². The van der Waals surface area contributed by atoms with Crippen molar-refractivity contribution in [1.29, 1.82) is 0 Å². The number of Topliss-reactive ketones (excluding diaryl/α,β-unsaturated/α-hetero) is 1. The van der Waals surface area contributed by atoms with Gasteiger partial charge in [-0.1, -0.05) is 6.92 Å². The number of hydrogen-bond donors (Lipinski definition) is 0. The van der Waals surface area contributed by atoms with Gasteiger partial charge >= 0.3 is 0 Å². The molecule has 0 N–H and O–H groups in total. The maximum absolute atomic E-state index is 11.3. The number of furan rings is 1. The Bertz CT molecular complexity index is 239. The zero-order valence-electron chi connectivity index (χ0n) is 7.79. The first-order valence-electron chi connectivity index (χ1n) is 4.47. The van der Waals surface area contributed by atoms with Crippen LogP contribution in [0.15, 0.2) is 23.0 Å². The standard InChI is InChI=1S/C10H14O3/c1-2-5-12-7-4-10(11)9-3-6-13-8-9/h3,6,8H,2,4-5,7H2,1H3. The van der Waals surface area contributed by atoms with E-state index in [0.29, 0.717) is 18.6 Å². The molecule has 0 aliphatic rings. The lowest BCUT2D eigenvalue weighted by molar-refractivity contribution is 0.0878. The van der Waals surface area contributed by atoms with Crippen LogP contribution in [-0.2, 0) is 4.74 Å². The van der Waals surface area contributed by atoms with Gasteiger partial charge in [0.15, 0.2) is 5.78 Å². The molecule has 3 heteroatoms. The molecular weight excluding hydrogens is 168 g/mol. The molecule has 13 heavy (non-hydrogen) atoms. The van der Waals surface area contributed by atoms with E-state index in [9.17, 15) is 4.79 Å². The summed E-state index contributed by atoms with van der Waals surface area (Å²) >= 11 is 0. The number of hydrogen-bond acceptors (Lipinski definition) is 3. The van der Waals surface area contributed by atoms with Gasteiger partial charge in [0, 0.05) is 13.0 Å². The molecular formula is C10H14O3. The summed E-state index contributed by atoms with van der Waals surface area (Å²) in [5.41, 5.74) is 0.625. The third kappa shape index (κ3) is 3.42. The van der Waals surface area contributed by atoms with Gasteiger partial charge in [0.2, 0.25) is 0 Å². The molecule has 0 saturated carbocycles. The van der Waals surface area contributed by atoms with Gasteiger partial charge in [-0.25, -0.2) is 0 Å². The Kier molecular flexibility index (Phi) is 4.26. The molecule has 0 aliphatic carbocycles. The van der Waals surface area contributed by atoms with Crippen molar-refractivity contribution in [2.24, 2.45) is 0 Å². The second-order valence-corrected chi connectivity index (χ2v) is 2.80. The number of ether oxygens (including phenoxy) is 1. The highest BCUT2D eigenvalue weighted by atomic mass is 16.5. The molecule has 0 saturated heterocycles. The first-order valence-corrected chi connectivity index (χ1v) is 4.47. The van der Waals surface area contributed by atoms with Crippen molar-refractivity contribution in [3.05, 3.63) is 24.2 Å². The minimum Gasteiger partial charge on any atom is -0.472 e. The van der Waals surface area contributed by atoms with Gasteiger partial charge in [-0.2, -0.15) is 0 Å². The fourth-order valence-electron chi connectivity index (χ4n) is 0.979. The second kappa shape index (κ2) is 5.54. The summed E-state index contributed by atoms with van der Waals surface area (Å²) in [6.07, 6.45) is 4.38. The van der Waals surface area contributed by atoms with Crippen LogP contribution in [0.3, 0.4) is 0 Å². The summed E-state index contributed by atoms with van der Waals surface area (Å²) < 4.78 is 10.0. The summed E-state index contributed by atoms with van der Waals surface area (Å²) in [5, 5.41) is 0. The van der Waals surface area contributed by atoms with Gasteiger partial charge in [-0.05, 0) is 12.5 Å². The average Bonchev–Trinajstić information content (AvgIpc) is 2.65. The van der Waals surface area contributed by atoms with Crippen LogP contribution in [0, 0.1) is 0 Å². The molecule has 0 aliphatic heterocycles. The van der Waals surface area contributed by atoms with Crippen LogP contribution >= 0.6 is 0 Å². The van der Waals surface area contributed by atoms with E-state index in [4.69, 9.17) is 9.15 Å². The van der Waals surface area contributed by atoms with E-state index in [1.807, 2.05) is 6.92 Å². The second-order valence-electron chi connectivity index (χ2n) is 2.80. The molecule has 0 fully saturated rings. The van der Waals surface area contributed by atoms with E-state index in [2.05, 4.69) is 0 Å². The van der Waals surface area contributed by atoms with Crippen molar-refractivity contribution >= 4 is 5.78 Å². The third-order valence-electron chi connectivity index (χ3n) is 1.67. The number of carbonyl (C=O) groups is 1. The molecule has 0 radical (unpaired) electrons. The van der Waals surface area contributed by atoms with Crippen LogP contribution in [0.25, 0.3) is 0 Å². The molecule has 0 atom stereocenters. The van der Waals surface area contributed by atoms with E-state index in [0.717, 1.165) is 13.0 Å². The van der Waals surface area contributed by atoms with E-state index >= 15 is 0 Å². The van der Waals surface area contributed by atoms with E-state index in [1.54, 1.807) is 6.07 Å². The summed E-state index contributed by atoms with van der Waals surface area (Å²) in [4.78, 5) is 11.3. The van der Waals surface area contributed by atoms with E-state index in [1.165, 1.54) is 12.5 Å². The monoisotopic (exact) mass is 182 g/mol. The Morgan fingerprint density at radius 3 is 3.00 bits per heavy atom. The Hall–Kier alpha value is -1.09. The third-order valence-corrected chi connectivity index (χ3v) is 1.67. The maximum Gasteiger partial charge on any atom is 0.168 e. The van der Waals surface area contributed by atoms with E-state index < -0.39 is 0 Å². The molecule has 0 unspecified atom stereocenters. The zero-order chi connectivity index (χ0) is 9.52. The molecule has 0 bridgehead atoms. The molecule has 0 spiro atoms. The minimum atomic E-state index is 0.0739. The highest BCUT2D eigenvalue weighted by molar-refractivity contribution is 5.95. The van der Waals surface area contributed by atoms with Crippen molar-refractivity contribution in [2.75, 3.05) is 13.2 Å². The molecule has 72 valence electrons. The topological polar surface area (TPSA) is 39.4 Å². The first kappa shape index (κ1) is 9.99. The summed E-state index contributed by atoms with van der Waals surface area (Å²) in [6.45, 7) is 3.26. The molecule has 1 heterocycles. The van der Waals surface area contributed by atoms with E-state index in [-0.39, 0.29) is 5.78 Å². The molecule has 1 aromatic heterocycles. The van der Waals surface area contributed by atoms with Crippen LogP contribution in [0.1, 0.15) is 30.1 Å². The van der Waals surface area contributed by atoms with Crippen molar-refractivity contribution in [3.8, 4) is 0 Å². The van der Waals surface area contributed by atoms with Crippen LogP contribution in [0.4, 0.5) is 0 Å². The Labute approximate surface area is 77.7 Å². The summed E-state index contributed by atoms with van der Waals surface area (Å²) in [7, 11) is 0. The molecule has 0 aromatic carbocycles. The quantitative estimate of drug-likeness (QED) is 0.500. The fraction of sp³-hybridized carbons (Fsp3) is 0.500. The first-order chi connectivity index (χ1) is 6.34. The highest BCUT2D eigenvalue weighted by Crippen LogP contribution is 2.03. The molecule has 3 nitrogen and oxygen atoms in total. The number of ketones is 1. The van der Waals surface area contributed by atoms with Crippen LogP contribution < -0.4 is 0 Å². The van der Waals surface area contributed by atoms with Crippen molar-refractivity contribution in [2.45, 2.75) is 19.8 Å². The average molecular weight is 182 g/mol. The van der Waals surface area contributed by atoms with Gasteiger partial charge in [0.25, 0.3) is 0 Å². The molecule has 1 aromatic rings. The number of carbonyl (C=O) groups excluding carboxylic acids is 1. The van der Waals surface area contributed by atoms with Crippen molar-refractivity contribution < 1.29 is 13.9 Å². The van der Waals surface area contributed by atoms with Crippen LogP contribution in [0.2, 0.25) is 0 Å². The fourth-order valence-corrected chi connectivity index (χ4v) is 0.979. The predicted octanol–water partition coefficient (Wildman–Crippen LogP) is 2.28. The Balaban J connectivity index is 2.19. The van der Waals surface area contributed by atoms with Crippen LogP contribution in [-0.4, -0.2) is 19.0 Å². The summed E-state index contributed by atoms with van der Waals surface area (Å²) in [5.74, 6) is 0.0739. The van der Waals surface area contributed by atoms with Gasteiger partial charge in [-0.3, -0.25) is 4.79 Å². The lowest BCUT2D eigenvalue weighted by Crippen LogP contribution is -2.04. The highest BCUT2D eigenvalue weighted by Gasteiger charge is 2.05. The lowest BCUT2D eigenvalue weighted by Gasteiger charge is -1.99. The molecule has 1 rings (SSSR count). The largest absolute Gasteiger partial charge is 0.472 e. The minimum absolute atomic E-state index is 0.0739. The smallest absolute Gasteiger partial charge is 0.168 e. The van der Waals surface area contributed by atoms with Gasteiger partial charge in [0.1, 0.15) is 6.26 Å². The predicted molar refractivity (Wildman–Crippen MR) is 48.8 cm³/mol. The maximum atomic E-state index is 11.3. The van der Waals surface area contributed by atoms with Crippen molar-refractivity contribution in [1.82, 2.24) is 0 Å². The zero-order valence-corrected chi connectivity index (χ0v) is 7.79.